The van der Waals surface area contributed by atoms with Gasteiger partial charge in [0.2, 0.25) is 0 Å². The standard InChI is InChI=1S/C12H19NO4S/c1-4-17-12-7-9(5-6-11(12)16-2)10(13)8-18(3,14)15/h5-7,10H,4,8,13H2,1-3H3/t10-/m1/s1/i5D,6D,7D. The molecule has 102 valence electrons. The van der Waals surface area contributed by atoms with E-state index in [-0.39, 0.29) is 41.8 Å². The molecule has 1 atom stereocenters. The Hall–Kier alpha value is -1.27. The highest BCUT2D eigenvalue weighted by molar-refractivity contribution is 7.90. The number of hydrogen-bond acceptors (Lipinski definition) is 5. The minimum absolute atomic E-state index is 0.0000454. The van der Waals surface area contributed by atoms with Crippen LogP contribution in [0.25, 0.3) is 0 Å². The Morgan fingerprint density at radius 3 is 2.61 bits per heavy atom. The highest BCUT2D eigenvalue weighted by Gasteiger charge is 2.15. The number of hydrogen-bond donors (Lipinski definition) is 1. The van der Waals surface area contributed by atoms with Gasteiger partial charge in [-0.25, -0.2) is 8.42 Å². The van der Waals surface area contributed by atoms with Crippen LogP contribution >= 0.6 is 0 Å². The molecule has 0 radical (unpaired) electrons. The molecule has 18 heavy (non-hydrogen) atoms. The van der Waals surface area contributed by atoms with Crippen LogP contribution in [-0.4, -0.2) is 34.1 Å². The van der Waals surface area contributed by atoms with E-state index >= 15 is 0 Å². The van der Waals surface area contributed by atoms with Gasteiger partial charge in [0.05, 0.1) is 23.6 Å². The summed E-state index contributed by atoms with van der Waals surface area (Å²) in [6.07, 6.45) is 1.02. The van der Waals surface area contributed by atoms with Gasteiger partial charge in [0, 0.05) is 12.3 Å². The van der Waals surface area contributed by atoms with Crippen molar-refractivity contribution in [3.63, 3.8) is 0 Å². The van der Waals surface area contributed by atoms with Crippen molar-refractivity contribution in [1.29, 1.82) is 0 Å². The molecule has 1 aromatic rings. The predicted octanol–water partition coefficient (Wildman–Crippen LogP) is 1.14. The first kappa shape index (κ1) is 10.6. The Labute approximate surface area is 112 Å². The minimum Gasteiger partial charge on any atom is -0.493 e. The van der Waals surface area contributed by atoms with Gasteiger partial charge < -0.3 is 15.2 Å². The highest BCUT2D eigenvalue weighted by Crippen LogP contribution is 2.30. The third-order valence-corrected chi connectivity index (χ3v) is 3.08. The molecule has 1 rings (SSSR count). The number of ether oxygens (including phenoxy) is 2. The van der Waals surface area contributed by atoms with E-state index in [2.05, 4.69) is 0 Å². The van der Waals surface area contributed by atoms with Crippen molar-refractivity contribution in [2.75, 3.05) is 25.7 Å². The lowest BCUT2D eigenvalue weighted by atomic mass is 10.1. The van der Waals surface area contributed by atoms with Crippen molar-refractivity contribution in [2.45, 2.75) is 13.0 Å². The Morgan fingerprint density at radius 2 is 2.11 bits per heavy atom. The molecule has 2 N–H and O–H groups in total. The fraction of sp³-hybridized carbons (Fsp3) is 0.500. The number of methoxy groups -OCH3 is 1. The maximum Gasteiger partial charge on any atom is 0.161 e. The largest absolute Gasteiger partial charge is 0.493 e. The normalized spacial score (nSPS) is 15.4. The first-order valence-corrected chi connectivity index (χ1v) is 7.43. The fourth-order valence-electron chi connectivity index (χ4n) is 1.38. The lowest BCUT2D eigenvalue weighted by Gasteiger charge is -2.15. The quantitative estimate of drug-likeness (QED) is 0.843. The molecule has 0 spiro atoms. The molecule has 0 aliphatic heterocycles. The van der Waals surface area contributed by atoms with Crippen LogP contribution in [0, 0.1) is 0 Å². The number of rotatable bonds is 6. The summed E-state index contributed by atoms with van der Waals surface area (Å²) in [6, 6.07) is -1.90. The second kappa shape index (κ2) is 6.06. The van der Waals surface area contributed by atoms with E-state index < -0.39 is 21.6 Å². The molecule has 0 saturated heterocycles. The molecule has 0 unspecified atom stereocenters. The van der Waals surface area contributed by atoms with Crippen LogP contribution in [0.1, 0.15) is 22.6 Å². The molecule has 5 nitrogen and oxygen atoms in total. The fourth-order valence-corrected chi connectivity index (χ4v) is 2.19. The van der Waals surface area contributed by atoms with Gasteiger partial charge in [-0.3, -0.25) is 0 Å². The van der Waals surface area contributed by atoms with Gasteiger partial charge >= 0.3 is 0 Å². The maximum absolute atomic E-state index is 11.4. The number of benzene rings is 1. The van der Waals surface area contributed by atoms with Crippen LogP contribution in [0.5, 0.6) is 11.5 Å². The molecular weight excluding hydrogens is 254 g/mol. The SMILES string of the molecule is [2H]c1c([2H])c([C@H](N)CS(C)(=O)=O)c([2H])c(OCC)c1OC. The average Bonchev–Trinajstić information content (AvgIpc) is 2.34. The topological polar surface area (TPSA) is 78.6 Å². The minimum atomic E-state index is -3.38. The van der Waals surface area contributed by atoms with Crippen molar-refractivity contribution in [3.05, 3.63) is 23.7 Å². The number of nitrogens with two attached hydrogens (primary N) is 1. The van der Waals surface area contributed by atoms with E-state index in [1.54, 1.807) is 6.92 Å². The van der Waals surface area contributed by atoms with Gasteiger partial charge in [0.1, 0.15) is 9.84 Å². The summed E-state index contributed by atoms with van der Waals surface area (Å²) in [6.45, 7) is 1.94. The Balaban J connectivity index is 3.52. The van der Waals surface area contributed by atoms with Crippen molar-refractivity contribution in [2.24, 2.45) is 5.73 Å². The Kier molecular flexibility index (Phi) is 3.58. The Bertz CT molecular complexity index is 634. The van der Waals surface area contributed by atoms with E-state index in [0.717, 1.165) is 6.26 Å². The monoisotopic (exact) mass is 276 g/mol. The Morgan fingerprint density at radius 1 is 1.44 bits per heavy atom. The zero-order valence-electron chi connectivity index (χ0n) is 13.6. The van der Waals surface area contributed by atoms with Gasteiger partial charge in [-0.2, -0.15) is 0 Å². The zero-order valence-corrected chi connectivity index (χ0v) is 11.4. The van der Waals surface area contributed by atoms with Crippen molar-refractivity contribution >= 4 is 9.84 Å². The molecule has 6 heteroatoms. The van der Waals surface area contributed by atoms with Gasteiger partial charge in [0.25, 0.3) is 0 Å². The van der Waals surface area contributed by atoms with Crippen molar-refractivity contribution in [1.82, 2.24) is 0 Å². The van der Waals surface area contributed by atoms with E-state index in [9.17, 15) is 8.42 Å². The molecule has 0 aliphatic carbocycles. The van der Waals surface area contributed by atoms with Gasteiger partial charge in [-0.1, -0.05) is 6.04 Å². The summed E-state index contributed by atoms with van der Waals surface area (Å²) in [4.78, 5) is 0. The van der Waals surface area contributed by atoms with Crippen LogP contribution in [0.15, 0.2) is 18.1 Å². The van der Waals surface area contributed by atoms with Crippen LogP contribution in [0.2, 0.25) is 0 Å². The van der Waals surface area contributed by atoms with Gasteiger partial charge in [-0.05, 0) is 24.6 Å². The van der Waals surface area contributed by atoms with Crippen molar-refractivity contribution < 1.29 is 22.0 Å². The highest BCUT2D eigenvalue weighted by atomic mass is 32.2. The first-order chi connectivity index (χ1) is 9.64. The van der Waals surface area contributed by atoms with E-state index in [0.29, 0.717) is 0 Å². The molecule has 0 saturated carbocycles. The molecule has 0 amide bonds. The van der Waals surface area contributed by atoms with E-state index in [1.807, 2.05) is 0 Å². The molecule has 0 heterocycles. The molecule has 1 aromatic carbocycles. The molecule has 0 aliphatic rings. The van der Waals surface area contributed by atoms with E-state index in [1.165, 1.54) is 7.11 Å². The smallest absolute Gasteiger partial charge is 0.161 e. The summed E-state index contributed by atoms with van der Waals surface area (Å²) in [5, 5.41) is 0. The van der Waals surface area contributed by atoms with Crippen LogP contribution in [0.3, 0.4) is 0 Å². The zero-order chi connectivity index (χ0) is 16.4. The van der Waals surface area contributed by atoms with Crippen LogP contribution < -0.4 is 15.2 Å². The van der Waals surface area contributed by atoms with Gasteiger partial charge in [0.15, 0.2) is 11.5 Å². The molecule has 0 aromatic heterocycles. The first-order valence-electron chi connectivity index (χ1n) is 6.87. The molecule has 0 fully saturated rings. The van der Waals surface area contributed by atoms with Crippen molar-refractivity contribution in [3.8, 4) is 11.5 Å². The summed E-state index contributed by atoms with van der Waals surface area (Å²) in [5.41, 5.74) is 5.78. The summed E-state index contributed by atoms with van der Waals surface area (Å²) in [7, 11) is -2.07. The number of sulfone groups is 1. The third kappa shape index (κ3) is 4.19. The second-order valence-electron chi connectivity index (χ2n) is 3.78. The maximum atomic E-state index is 11.4. The van der Waals surface area contributed by atoms with E-state index in [4.69, 9.17) is 19.3 Å². The predicted molar refractivity (Wildman–Crippen MR) is 70.8 cm³/mol. The molecule has 0 bridgehead atoms. The summed E-state index contributed by atoms with van der Waals surface area (Å²) < 4.78 is 56.9. The average molecular weight is 276 g/mol. The summed E-state index contributed by atoms with van der Waals surface area (Å²) in [5.74, 6) is -0.440. The second-order valence-corrected chi connectivity index (χ2v) is 5.97. The third-order valence-electron chi connectivity index (χ3n) is 2.11. The summed E-state index contributed by atoms with van der Waals surface area (Å²) >= 11 is 0. The van der Waals surface area contributed by atoms with Crippen LogP contribution in [0.4, 0.5) is 0 Å². The van der Waals surface area contributed by atoms with Crippen LogP contribution in [-0.2, 0) is 9.84 Å². The lowest BCUT2D eigenvalue weighted by molar-refractivity contribution is 0.310. The molecular formula is C12H19NO4S. The van der Waals surface area contributed by atoms with Gasteiger partial charge in [-0.15, -0.1) is 0 Å². The lowest BCUT2D eigenvalue weighted by Crippen LogP contribution is -2.20.